The fraction of sp³-hybridized carbons (Fsp3) is 0.286. The van der Waals surface area contributed by atoms with E-state index in [4.69, 9.17) is 4.84 Å². The lowest BCUT2D eigenvalue weighted by molar-refractivity contribution is -0.151. The number of carbonyl (C=O) groups is 1. The first-order valence-corrected chi connectivity index (χ1v) is 13.9. The van der Waals surface area contributed by atoms with Crippen LogP contribution in [-0.2, 0) is 9.63 Å². The maximum Gasteiger partial charge on any atom is 0.176 e. The van der Waals surface area contributed by atoms with Crippen LogP contribution in [0.1, 0.15) is 59.2 Å². The number of anilines is 1. The molecule has 2 aliphatic rings. The fourth-order valence-corrected chi connectivity index (χ4v) is 6.33. The van der Waals surface area contributed by atoms with Crippen molar-refractivity contribution in [2.45, 2.75) is 50.8 Å². The molecule has 39 heavy (non-hydrogen) atoms. The van der Waals surface area contributed by atoms with Gasteiger partial charge in [-0.1, -0.05) is 108 Å². The van der Waals surface area contributed by atoms with Gasteiger partial charge >= 0.3 is 0 Å². The molecule has 2 fully saturated rings. The molecule has 1 spiro atoms. The normalized spacial score (nSPS) is 24.3. The highest BCUT2D eigenvalue weighted by molar-refractivity contribution is 5.91. The van der Waals surface area contributed by atoms with Crippen molar-refractivity contribution in [3.05, 3.63) is 137 Å². The molecule has 0 saturated carbocycles. The van der Waals surface area contributed by atoms with Crippen LogP contribution in [0, 0.1) is 13.8 Å². The number of nitrogens with zero attached hydrogens (tertiary/aromatic N) is 2. The molecule has 0 bridgehead atoms. The van der Waals surface area contributed by atoms with Crippen LogP contribution in [0.2, 0.25) is 0 Å². The van der Waals surface area contributed by atoms with Crippen LogP contribution in [0.25, 0.3) is 0 Å². The number of aryl methyl sites for hydroxylation is 2. The third kappa shape index (κ3) is 4.69. The third-order valence-electron chi connectivity index (χ3n) is 8.56. The zero-order chi connectivity index (χ0) is 27.0. The summed E-state index contributed by atoms with van der Waals surface area (Å²) in [5.41, 5.74) is 5.89. The quantitative estimate of drug-likeness (QED) is 0.278. The van der Waals surface area contributed by atoms with Gasteiger partial charge in [0.25, 0.3) is 0 Å². The molecular weight excluding hydrogens is 480 g/mol. The van der Waals surface area contributed by atoms with Crippen LogP contribution in [0.5, 0.6) is 0 Å². The molecule has 198 valence electrons. The number of rotatable bonds is 5. The summed E-state index contributed by atoms with van der Waals surface area (Å²) in [6, 6.07) is 38.2. The summed E-state index contributed by atoms with van der Waals surface area (Å²) in [6.45, 7) is 7.71. The Morgan fingerprint density at radius 3 is 1.95 bits per heavy atom. The third-order valence-corrected chi connectivity index (χ3v) is 8.56. The molecule has 2 saturated heterocycles. The number of hydrogen-bond donors (Lipinski definition) is 0. The molecule has 2 heterocycles. The standard InChI is InChI=1S/C35H36N2O2/c1-25-14-18-29(19-15-25)33-34(30-20-16-26(2)17-21-30)37(31-12-8-5-9-13-31)39-35(33)24-36(23-22-32(35)38)27(3)28-10-6-4-7-11-28/h4-21,27,33-34H,22-24H2,1-3H3/t27-,33+,34-,35-/m1/s1. The highest BCUT2D eigenvalue weighted by Gasteiger charge is 2.61. The van der Waals surface area contributed by atoms with E-state index < -0.39 is 5.60 Å². The van der Waals surface area contributed by atoms with E-state index in [1.165, 1.54) is 16.7 Å². The van der Waals surface area contributed by atoms with Gasteiger partial charge in [-0.25, -0.2) is 5.06 Å². The molecule has 4 atom stereocenters. The number of Topliss-reactive ketones (excluding diaryl/α,β-unsaturated/α-hetero) is 1. The largest absolute Gasteiger partial charge is 0.296 e. The van der Waals surface area contributed by atoms with Gasteiger partial charge in [-0.2, -0.15) is 0 Å². The molecule has 0 aromatic heterocycles. The molecule has 2 aliphatic heterocycles. The summed E-state index contributed by atoms with van der Waals surface area (Å²) in [4.78, 5) is 23.7. The number of carbonyl (C=O) groups excluding carboxylic acids is 1. The van der Waals surface area contributed by atoms with Gasteiger partial charge in [-0.05, 0) is 49.6 Å². The number of benzene rings is 4. The Balaban J connectivity index is 1.51. The topological polar surface area (TPSA) is 32.8 Å². The van der Waals surface area contributed by atoms with Crippen LogP contribution in [0.3, 0.4) is 0 Å². The minimum atomic E-state index is -1.01. The molecule has 0 aliphatic carbocycles. The van der Waals surface area contributed by atoms with E-state index in [2.05, 4.69) is 117 Å². The second-order valence-corrected chi connectivity index (χ2v) is 11.1. The second-order valence-electron chi connectivity index (χ2n) is 11.1. The molecule has 0 N–H and O–H groups in total. The Morgan fingerprint density at radius 1 is 0.769 bits per heavy atom. The van der Waals surface area contributed by atoms with E-state index in [0.29, 0.717) is 13.0 Å². The monoisotopic (exact) mass is 516 g/mol. The maximum atomic E-state index is 14.2. The van der Waals surface area contributed by atoms with Gasteiger partial charge in [0.15, 0.2) is 11.4 Å². The minimum absolute atomic E-state index is 0.161. The number of piperidine rings is 1. The molecule has 0 unspecified atom stereocenters. The molecular formula is C35H36N2O2. The Hall–Kier alpha value is -3.73. The lowest BCUT2D eigenvalue weighted by Crippen LogP contribution is -2.58. The molecule has 4 aromatic carbocycles. The van der Waals surface area contributed by atoms with E-state index in [-0.39, 0.29) is 23.8 Å². The number of para-hydroxylation sites is 1. The van der Waals surface area contributed by atoms with Gasteiger partial charge in [0, 0.05) is 25.6 Å². The van der Waals surface area contributed by atoms with Crippen molar-refractivity contribution in [1.29, 1.82) is 0 Å². The predicted molar refractivity (Wildman–Crippen MR) is 157 cm³/mol. The molecule has 4 heteroatoms. The highest BCUT2D eigenvalue weighted by Crippen LogP contribution is 2.55. The van der Waals surface area contributed by atoms with Crippen LogP contribution >= 0.6 is 0 Å². The van der Waals surface area contributed by atoms with E-state index in [1.54, 1.807) is 0 Å². The Labute approximate surface area is 231 Å². The molecule has 6 rings (SSSR count). The SMILES string of the molecule is Cc1ccc([C@@H]2[C@H](c3ccc(C)cc3)[C@]3(CN([C@H](C)c4ccccc4)CCC3=O)ON2c2ccccc2)cc1. The zero-order valence-corrected chi connectivity index (χ0v) is 23.0. The Kier molecular flexibility index (Phi) is 6.84. The van der Waals surface area contributed by atoms with E-state index in [0.717, 1.165) is 23.4 Å². The van der Waals surface area contributed by atoms with Crippen molar-refractivity contribution in [2.24, 2.45) is 0 Å². The van der Waals surface area contributed by atoms with Gasteiger partial charge in [0.05, 0.1) is 17.6 Å². The van der Waals surface area contributed by atoms with Gasteiger partial charge in [0.1, 0.15) is 0 Å². The zero-order valence-electron chi connectivity index (χ0n) is 23.0. The number of ketones is 1. The minimum Gasteiger partial charge on any atom is -0.296 e. The first-order valence-electron chi connectivity index (χ1n) is 13.9. The second kappa shape index (κ2) is 10.4. The van der Waals surface area contributed by atoms with E-state index >= 15 is 0 Å². The lowest BCUT2D eigenvalue weighted by Gasteiger charge is -2.43. The summed E-state index contributed by atoms with van der Waals surface area (Å²) in [5, 5.41) is 2.02. The lowest BCUT2D eigenvalue weighted by atomic mass is 9.71. The molecule has 4 nitrogen and oxygen atoms in total. The number of hydrogen-bond acceptors (Lipinski definition) is 4. The predicted octanol–water partition coefficient (Wildman–Crippen LogP) is 7.35. The van der Waals surface area contributed by atoms with Gasteiger partial charge in [-0.3, -0.25) is 14.5 Å². The van der Waals surface area contributed by atoms with E-state index in [9.17, 15) is 4.79 Å². The summed E-state index contributed by atoms with van der Waals surface area (Å²) < 4.78 is 0. The van der Waals surface area contributed by atoms with Crippen molar-refractivity contribution < 1.29 is 9.63 Å². The van der Waals surface area contributed by atoms with E-state index in [1.807, 2.05) is 23.3 Å². The summed E-state index contributed by atoms with van der Waals surface area (Å²) in [5.74, 6) is -0.000542. The van der Waals surface area contributed by atoms with Crippen LogP contribution < -0.4 is 5.06 Å². The van der Waals surface area contributed by atoms with Crippen molar-refractivity contribution >= 4 is 11.5 Å². The van der Waals surface area contributed by atoms with Gasteiger partial charge in [-0.15, -0.1) is 0 Å². The summed E-state index contributed by atoms with van der Waals surface area (Å²) in [6.07, 6.45) is 0.461. The Bertz CT molecular complexity index is 1420. The molecule has 0 radical (unpaired) electrons. The first-order chi connectivity index (χ1) is 19.0. The van der Waals surface area contributed by atoms with Gasteiger partial charge in [0.2, 0.25) is 0 Å². The smallest absolute Gasteiger partial charge is 0.176 e. The van der Waals surface area contributed by atoms with Crippen LogP contribution in [0.4, 0.5) is 5.69 Å². The number of hydroxylamine groups is 1. The highest BCUT2D eigenvalue weighted by atomic mass is 16.7. The van der Waals surface area contributed by atoms with Crippen molar-refractivity contribution in [2.75, 3.05) is 18.2 Å². The summed E-state index contributed by atoms with van der Waals surface area (Å²) >= 11 is 0. The van der Waals surface area contributed by atoms with Crippen molar-refractivity contribution in [1.82, 2.24) is 4.90 Å². The van der Waals surface area contributed by atoms with Gasteiger partial charge < -0.3 is 0 Å². The molecule has 4 aromatic rings. The van der Waals surface area contributed by atoms with Crippen LogP contribution in [-0.4, -0.2) is 29.4 Å². The van der Waals surface area contributed by atoms with Crippen LogP contribution in [0.15, 0.2) is 109 Å². The fourth-order valence-electron chi connectivity index (χ4n) is 6.33. The Morgan fingerprint density at radius 2 is 1.33 bits per heavy atom. The number of likely N-dealkylation sites (tertiary alicyclic amines) is 1. The van der Waals surface area contributed by atoms with Crippen molar-refractivity contribution in [3.8, 4) is 0 Å². The van der Waals surface area contributed by atoms with Crippen molar-refractivity contribution in [3.63, 3.8) is 0 Å². The average molecular weight is 517 g/mol. The maximum absolute atomic E-state index is 14.2. The summed E-state index contributed by atoms with van der Waals surface area (Å²) in [7, 11) is 0. The first kappa shape index (κ1) is 25.5. The molecule has 0 amide bonds. The average Bonchev–Trinajstić information content (AvgIpc) is 3.31.